The second-order valence-corrected chi connectivity index (χ2v) is 5.02. The molecule has 1 aromatic carbocycles. The lowest BCUT2D eigenvalue weighted by Crippen LogP contribution is -2.35. The minimum absolute atomic E-state index is 0.0412. The van der Waals surface area contributed by atoms with E-state index in [0.717, 1.165) is 18.6 Å². The zero-order valence-electron chi connectivity index (χ0n) is 11.4. The fourth-order valence-electron chi connectivity index (χ4n) is 2.34. The summed E-state index contributed by atoms with van der Waals surface area (Å²) in [4.78, 5) is 15.8. The Balaban J connectivity index is 1.89. The van der Waals surface area contributed by atoms with Gasteiger partial charge >= 0.3 is 6.18 Å². The number of nitrogens with one attached hydrogen (secondary N) is 1. The van der Waals surface area contributed by atoms with Crippen LogP contribution < -0.4 is 5.32 Å². The molecule has 2 heterocycles. The van der Waals surface area contributed by atoms with Crippen molar-refractivity contribution in [3.8, 4) is 11.4 Å². The number of alkyl halides is 3. The normalized spacial score (nSPS) is 19.0. The highest BCUT2D eigenvalue weighted by Gasteiger charge is 2.32. The highest BCUT2D eigenvalue weighted by Crippen LogP contribution is 2.32. The number of hydrogen-bond acceptors (Lipinski definition) is 4. The molecule has 1 N–H and O–H groups in total. The van der Waals surface area contributed by atoms with Gasteiger partial charge in [0.2, 0.25) is 17.6 Å². The van der Waals surface area contributed by atoms with Gasteiger partial charge in [0.25, 0.3) is 0 Å². The summed E-state index contributed by atoms with van der Waals surface area (Å²) in [7, 11) is 0. The molecule has 1 aromatic heterocycles. The van der Waals surface area contributed by atoms with Crippen LogP contribution in [0, 0.1) is 0 Å². The fourth-order valence-corrected chi connectivity index (χ4v) is 2.34. The minimum atomic E-state index is -4.44. The molecule has 1 amide bonds. The molecular weight excluding hydrogens is 299 g/mol. The van der Waals surface area contributed by atoms with Crippen LogP contribution in [0.4, 0.5) is 13.2 Å². The first-order valence-electron chi connectivity index (χ1n) is 6.74. The van der Waals surface area contributed by atoms with Crippen LogP contribution in [-0.4, -0.2) is 22.6 Å². The van der Waals surface area contributed by atoms with E-state index < -0.39 is 17.7 Å². The molecule has 1 aliphatic rings. The first-order chi connectivity index (χ1) is 10.4. The van der Waals surface area contributed by atoms with Crippen LogP contribution >= 0.6 is 0 Å². The van der Waals surface area contributed by atoms with Gasteiger partial charge in [0, 0.05) is 12.1 Å². The summed E-state index contributed by atoms with van der Waals surface area (Å²) in [5, 5.41) is 6.38. The van der Waals surface area contributed by atoms with E-state index in [2.05, 4.69) is 15.5 Å². The van der Waals surface area contributed by atoms with Gasteiger partial charge in [-0.1, -0.05) is 17.3 Å². The molecule has 0 bridgehead atoms. The molecular formula is C14H12F3N3O2. The van der Waals surface area contributed by atoms with Gasteiger partial charge in [-0.3, -0.25) is 4.79 Å². The number of nitrogens with zero attached hydrogens (tertiary/aromatic N) is 2. The maximum Gasteiger partial charge on any atom is 0.416 e. The SMILES string of the molecule is O=C1NCCCC1c1nc(-c2cccc(C(F)(F)F)c2)no1. The predicted molar refractivity (Wildman–Crippen MR) is 69.7 cm³/mol. The minimum Gasteiger partial charge on any atom is -0.355 e. The van der Waals surface area contributed by atoms with Crippen LogP contribution in [0.2, 0.25) is 0 Å². The lowest BCUT2D eigenvalue weighted by atomic mass is 9.99. The number of benzene rings is 1. The van der Waals surface area contributed by atoms with Crippen molar-refractivity contribution >= 4 is 5.91 Å². The molecule has 2 aromatic rings. The number of amides is 1. The zero-order valence-corrected chi connectivity index (χ0v) is 11.4. The Morgan fingerprint density at radius 1 is 1.32 bits per heavy atom. The molecule has 1 fully saturated rings. The maximum atomic E-state index is 12.7. The highest BCUT2D eigenvalue weighted by molar-refractivity contribution is 5.83. The van der Waals surface area contributed by atoms with Crippen LogP contribution in [0.3, 0.4) is 0 Å². The van der Waals surface area contributed by atoms with E-state index >= 15 is 0 Å². The quantitative estimate of drug-likeness (QED) is 0.926. The van der Waals surface area contributed by atoms with Crippen LogP contribution in [0.5, 0.6) is 0 Å². The Labute approximate surface area is 123 Å². The first kappa shape index (κ1) is 14.6. The Morgan fingerprint density at radius 2 is 2.14 bits per heavy atom. The smallest absolute Gasteiger partial charge is 0.355 e. The standard InChI is InChI=1S/C14H12F3N3O2/c15-14(16,17)9-4-1-3-8(7-9)11-19-13(22-20-11)10-5-2-6-18-12(10)21/h1,3-4,7,10H,2,5-6H2,(H,18,21). The molecule has 0 aliphatic carbocycles. The van der Waals surface area contributed by atoms with E-state index in [-0.39, 0.29) is 23.2 Å². The lowest BCUT2D eigenvalue weighted by molar-refractivity contribution is -0.137. The molecule has 3 rings (SSSR count). The van der Waals surface area contributed by atoms with E-state index in [1.165, 1.54) is 12.1 Å². The highest BCUT2D eigenvalue weighted by atomic mass is 19.4. The van der Waals surface area contributed by atoms with E-state index in [1.807, 2.05) is 0 Å². The summed E-state index contributed by atoms with van der Waals surface area (Å²) in [6.07, 6.45) is -3.07. The molecule has 8 heteroatoms. The van der Waals surface area contributed by atoms with Crippen molar-refractivity contribution in [3.05, 3.63) is 35.7 Å². The monoisotopic (exact) mass is 311 g/mol. The number of aromatic nitrogens is 2. The molecule has 1 aliphatic heterocycles. The molecule has 22 heavy (non-hydrogen) atoms. The van der Waals surface area contributed by atoms with Crippen molar-refractivity contribution in [2.45, 2.75) is 24.9 Å². The van der Waals surface area contributed by atoms with Crippen LogP contribution in [0.25, 0.3) is 11.4 Å². The van der Waals surface area contributed by atoms with E-state index in [0.29, 0.717) is 13.0 Å². The first-order valence-corrected chi connectivity index (χ1v) is 6.74. The van der Waals surface area contributed by atoms with Crippen LogP contribution in [0.15, 0.2) is 28.8 Å². The number of halogens is 3. The van der Waals surface area contributed by atoms with Crippen molar-refractivity contribution < 1.29 is 22.5 Å². The molecule has 1 atom stereocenters. The average molecular weight is 311 g/mol. The van der Waals surface area contributed by atoms with Gasteiger partial charge in [-0.25, -0.2) is 0 Å². The topological polar surface area (TPSA) is 68.0 Å². The predicted octanol–water partition coefficient (Wildman–Crippen LogP) is 2.75. The third-order valence-corrected chi connectivity index (χ3v) is 3.47. The van der Waals surface area contributed by atoms with Gasteiger partial charge in [0.05, 0.1) is 5.56 Å². The second-order valence-electron chi connectivity index (χ2n) is 5.02. The Morgan fingerprint density at radius 3 is 2.86 bits per heavy atom. The zero-order chi connectivity index (χ0) is 15.7. The van der Waals surface area contributed by atoms with Crippen molar-refractivity contribution in [1.29, 1.82) is 0 Å². The van der Waals surface area contributed by atoms with E-state index in [4.69, 9.17) is 4.52 Å². The van der Waals surface area contributed by atoms with Crippen molar-refractivity contribution in [2.75, 3.05) is 6.54 Å². The summed E-state index contributed by atoms with van der Waals surface area (Å²) < 4.78 is 43.2. The Kier molecular flexibility index (Phi) is 3.59. The number of carbonyl (C=O) groups is 1. The van der Waals surface area contributed by atoms with Gasteiger partial charge < -0.3 is 9.84 Å². The number of hydrogen-bond donors (Lipinski definition) is 1. The average Bonchev–Trinajstić information content (AvgIpc) is 2.97. The molecule has 1 unspecified atom stereocenters. The Bertz CT molecular complexity index is 697. The molecule has 1 saturated heterocycles. The van der Waals surface area contributed by atoms with Gasteiger partial charge in [-0.15, -0.1) is 0 Å². The summed E-state index contributed by atoms with van der Waals surface area (Å²) in [5.41, 5.74) is -0.590. The molecule has 0 radical (unpaired) electrons. The van der Waals surface area contributed by atoms with Gasteiger partial charge in [0.15, 0.2) is 0 Å². The summed E-state index contributed by atoms with van der Waals surface area (Å²) in [6.45, 7) is 0.601. The molecule has 5 nitrogen and oxygen atoms in total. The lowest BCUT2D eigenvalue weighted by Gasteiger charge is -2.18. The molecule has 0 saturated carbocycles. The number of piperidine rings is 1. The summed E-state index contributed by atoms with van der Waals surface area (Å²) >= 11 is 0. The third kappa shape index (κ3) is 2.81. The maximum absolute atomic E-state index is 12.7. The van der Waals surface area contributed by atoms with Gasteiger partial charge in [-0.2, -0.15) is 18.2 Å². The number of carbonyl (C=O) groups excluding carboxylic acids is 1. The van der Waals surface area contributed by atoms with Crippen LogP contribution in [0.1, 0.15) is 30.2 Å². The van der Waals surface area contributed by atoms with Crippen molar-refractivity contribution in [2.24, 2.45) is 0 Å². The molecule has 0 spiro atoms. The van der Waals surface area contributed by atoms with Crippen molar-refractivity contribution in [3.63, 3.8) is 0 Å². The molecule has 116 valence electrons. The van der Waals surface area contributed by atoms with Crippen LogP contribution in [-0.2, 0) is 11.0 Å². The Hall–Kier alpha value is -2.38. The summed E-state index contributed by atoms with van der Waals surface area (Å²) in [5.74, 6) is -0.574. The van der Waals surface area contributed by atoms with E-state index in [9.17, 15) is 18.0 Å². The fraction of sp³-hybridized carbons (Fsp3) is 0.357. The van der Waals surface area contributed by atoms with Crippen molar-refractivity contribution in [1.82, 2.24) is 15.5 Å². The largest absolute Gasteiger partial charge is 0.416 e. The number of rotatable bonds is 2. The summed E-state index contributed by atoms with van der Waals surface area (Å²) in [6, 6.07) is 4.67. The van der Waals surface area contributed by atoms with Gasteiger partial charge in [0.1, 0.15) is 5.92 Å². The van der Waals surface area contributed by atoms with E-state index in [1.54, 1.807) is 0 Å². The van der Waals surface area contributed by atoms with Gasteiger partial charge in [-0.05, 0) is 25.0 Å². The third-order valence-electron chi connectivity index (χ3n) is 3.47. The second kappa shape index (κ2) is 5.43.